The standard InChI is InChI=1S/C9H17N3O/c1-5-8-9(13)12(10-6-2)7(3)11(8)4/h6-8H,5H2,1-4H3/b10-6+. The molecule has 0 aromatic heterocycles. The van der Waals surface area contributed by atoms with E-state index in [9.17, 15) is 4.79 Å². The third kappa shape index (κ3) is 1.58. The quantitative estimate of drug-likeness (QED) is 0.596. The van der Waals surface area contributed by atoms with E-state index in [0.717, 1.165) is 6.42 Å². The van der Waals surface area contributed by atoms with Gasteiger partial charge in [0.1, 0.15) is 6.17 Å². The lowest BCUT2D eigenvalue weighted by molar-refractivity contribution is -0.130. The average Bonchev–Trinajstić information content (AvgIpc) is 2.31. The normalized spacial score (nSPS) is 30.8. The predicted octanol–water partition coefficient (Wildman–Crippen LogP) is 0.891. The second-order valence-electron chi connectivity index (χ2n) is 3.28. The van der Waals surface area contributed by atoms with Crippen molar-refractivity contribution in [2.24, 2.45) is 5.10 Å². The van der Waals surface area contributed by atoms with Gasteiger partial charge in [-0.25, -0.2) is 5.01 Å². The molecule has 0 saturated carbocycles. The van der Waals surface area contributed by atoms with E-state index >= 15 is 0 Å². The van der Waals surface area contributed by atoms with Gasteiger partial charge < -0.3 is 0 Å². The SMILES string of the molecule is C/C=N/N1C(=O)C(CC)N(C)C1C. The minimum atomic E-state index is -0.00120. The van der Waals surface area contributed by atoms with Crippen molar-refractivity contribution in [2.75, 3.05) is 7.05 Å². The highest BCUT2D eigenvalue weighted by molar-refractivity contribution is 5.84. The second kappa shape index (κ2) is 3.87. The van der Waals surface area contributed by atoms with Crippen LogP contribution >= 0.6 is 0 Å². The molecule has 1 heterocycles. The first-order valence-corrected chi connectivity index (χ1v) is 4.67. The maximum atomic E-state index is 11.7. The molecule has 74 valence electrons. The van der Waals surface area contributed by atoms with Gasteiger partial charge >= 0.3 is 0 Å². The molecular weight excluding hydrogens is 166 g/mol. The molecule has 0 bridgehead atoms. The fraction of sp³-hybridized carbons (Fsp3) is 0.778. The van der Waals surface area contributed by atoms with Crippen LogP contribution in [0.2, 0.25) is 0 Å². The lowest BCUT2D eigenvalue weighted by atomic mass is 10.2. The van der Waals surface area contributed by atoms with Crippen LogP contribution in [0, 0.1) is 0 Å². The summed E-state index contributed by atoms with van der Waals surface area (Å²) >= 11 is 0. The highest BCUT2D eigenvalue weighted by Crippen LogP contribution is 2.21. The van der Waals surface area contributed by atoms with Gasteiger partial charge in [-0.3, -0.25) is 9.69 Å². The Labute approximate surface area is 79.2 Å². The Balaban J connectivity index is 2.84. The van der Waals surface area contributed by atoms with Gasteiger partial charge in [-0.1, -0.05) is 6.92 Å². The molecule has 1 saturated heterocycles. The molecular formula is C9H17N3O. The predicted molar refractivity (Wildman–Crippen MR) is 52.3 cm³/mol. The summed E-state index contributed by atoms with van der Waals surface area (Å²) in [5.74, 6) is 0.107. The van der Waals surface area contributed by atoms with Gasteiger partial charge in [-0.05, 0) is 27.3 Å². The first kappa shape index (κ1) is 10.2. The van der Waals surface area contributed by atoms with E-state index < -0.39 is 0 Å². The summed E-state index contributed by atoms with van der Waals surface area (Å²) in [6.07, 6.45) is 2.57. The molecule has 0 radical (unpaired) electrons. The highest BCUT2D eigenvalue weighted by atomic mass is 16.2. The van der Waals surface area contributed by atoms with Crippen molar-refractivity contribution in [3.05, 3.63) is 0 Å². The van der Waals surface area contributed by atoms with Crippen LogP contribution < -0.4 is 0 Å². The molecule has 1 aliphatic rings. The maximum absolute atomic E-state index is 11.7. The number of rotatable bonds is 2. The van der Waals surface area contributed by atoms with Crippen LogP contribution in [0.1, 0.15) is 27.2 Å². The minimum absolute atomic E-state index is 0.00120. The van der Waals surface area contributed by atoms with E-state index in [4.69, 9.17) is 0 Å². The molecule has 1 rings (SSSR count). The monoisotopic (exact) mass is 183 g/mol. The number of likely N-dealkylation sites (N-methyl/N-ethyl adjacent to an activating group) is 1. The minimum Gasteiger partial charge on any atom is -0.273 e. The van der Waals surface area contributed by atoms with E-state index in [2.05, 4.69) is 10.0 Å². The molecule has 1 fully saturated rings. The van der Waals surface area contributed by atoms with Gasteiger partial charge in [0.05, 0.1) is 6.04 Å². The number of carbonyl (C=O) groups is 1. The first-order chi connectivity index (χ1) is 6.13. The van der Waals surface area contributed by atoms with E-state index in [1.807, 2.05) is 27.8 Å². The first-order valence-electron chi connectivity index (χ1n) is 4.67. The topological polar surface area (TPSA) is 35.9 Å². The maximum Gasteiger partial charge on any atom is 0.261 e. The van der Waals surface area contributed by atoms with Crippen LogP contribution in [-0.2, 0) is 4.79 Å². The smallest absolute Gasteiger partial charge is 0.261 e. The molecule has 0 spiro atoms. The fourth-order valence-electron chi connectivity index (χ4n) is 1.68. The van der Waals surface area contributed by atoms with E-state index in [-0.39, 0.29) is 18.1 Å². The Kier molecular flexibility index (Phi) is 3.03. The largest absolute Gasteiger partial charge is 0.273 e. The third-order valence-electron chi connectivity index (χ3n) is 2.57. The van der Waals surface area contributed by atoms with Gasteiger partial charge in [0, 0.05) is 6.21 Å². The molecule has 2 unspecified atom stereocenters. The van der Waals surface area contributed by atoms with Gasteiger partial charge in [0.15, 0.2) is 0 Å². The number of hydrogen-bond donors (Lipinski definition) is 0. The number of hydrogen-bond acceptors (Lipinski definition) is 3. The van der Waals surface area contributed by atoms with Crippen LogP contribution in [0.25, 0.3) is 0 Å². The van der Waals surface area contributed by atoms with Gasteiger partial charge in [-0.15, -0.1) is 0 Å². The molecule has 1 aliphatic heterocycles. The van der Waals surface area contributed by atoms with Gasteiger partial charge in [0.25, 0.3) is 5.91 Å². The Morgan fingerprint density at radius 1 is 1.62 bits per heavy atom. The van der Waals surface area contributed by atoms with Crippen LogP contribution in [0.5, 0.6) is 0 Å². The van der Waals surface area contributed by atoms with Crippen LogP contribution in [0.15, 0.2) is 5.10 Å². The summed E-state index contributed by atoms with van der Waals surface area (Å²) in [5.41, 5.74) is 0. The number of nitrogens with zero attached hydrogens (tertiary/aromatic N) is 3. The third-order valence-corrected chi connectivity index (χ3v) is 2.57. The summed E-state index contributed by atoms with van der Waals surface area (Å²) in [6, 6.07) is -0.00120. The Hall–Kier alpha value is -0.900. The Morgan fingerprint density at radius 3 is 2.62 bits per heavy atom. The summed E-state index contributed by atoms with van der Waals surface area (Å²) in [6.45, 7) is 5.82. The zero-order chi connectivity index (χ0) is 10.0. The fourth-order valence-corrected chi connectivity index (χ4v) is 1.68. The number of carbonyl (C=O) groups excluding carboxylic acids is 1. The van der Waals surface area contributed by atoms with Crippen molar-refractivity contribution in [1.29, 1.82) is 0 Å². The molecule has 0 N–H and O–H groups in total. The second-order valence-corrected chi connectivity index (χ2v) is 3.28. The molecule has 1 amide bonds. The summed E-state index contributed by atoms with van der Waals surface area (Å²) in [4.78, 5) is 13.8. The number of hydrazone groups is 1. The molecule has 13 heavy (non-hydrogen) atoms. The van der Waals surface area contributed by atoms with Crippen LogP contribution in [0.4, 0.5) is 0 Å². The van der Waals surface area contributed by atoms with Gasteiger partial charge in [-0.2, -0.15) is 5.10 Å². The summed E-state index contributed by atoms with van der Waals surface area (Å²) in [7, 11) is 1.96. The van der Waals surface area contributed by atoms with Crippen molar-refractivity contribution in [3.63, 3.8) is 0 Å². The summed E-state index contributed by atoms with van der Waals surface area (Å²) < 4.78 is 0. The zero-order valence-electron chi connectivity index (χ0n) is 8.69. The molecule has 0 aromatic rings. The molecule has 4 nitrogen and oxygen atoms in total. The van der Waals surface area contributed by atoms with Crippen molar-refractivity contribution < 1.29 is 4.79 Å². The zero-order valence-corrected chi connectivity index (χ0v) is 8.69. The van der Waals surface area contributed by atoms with Crippen molar-refractivity contribution in [2.45, 2.75) is 39.4 Å². The Morgan fingerprint density at radius 2 is 2.23 bits per heavy atom. The van der Waals surface area contributed by atoms with Crippen LogP contribution in [0.3, 0.4) is 0 Å². The highest BCUT2D eigenvalue weighted by Gasteiger charge is 2.40. The lowest BCUT2D eigenvalue weighted by Crippen LogP contribution is -2.33. The van der Waals surface area contributed by atoms with E-state index in [0.29, 0.717) is 0 Å². The van der Waals surface area contributed by atoms with E-state index in [1.165, 1.54) is 0 Å². The molecule has 0 aromatic carbocycles. The molecule has 0 aliphatic carbocycles. The van der Waals surface area contributed by atoms with E-state index in [1.54, 1.807) is 11.2 Å². The van der Waals surface area contributed by atoms with Crippen molar-refractivity contribution in [3.8, 4) is 0 Å². The Bertz CT molecular complexity index is 227. The van der Waals surface area contributed by atoms with Crippen molar-refractivity contribution >= 4 is 12.1 Å². The molecule has 2 atom stereocenters. The lowest BCUT2D eigenvalue weighted by Gasteiger charge is -2.20. The average molecular weight is 183 g/mol. The molecule has 4 heteroatoms. The van der Waals surface area contributed by atoms with Crippen molar-refractivity contribution in [1.82, 2.24) is 9.91 Å². The number of amides is 1. The van der Waals surface area contributed by atoms with Crippen LogP contribution in [-0.4, -0.2) is 41.3 Å². The summed E-state index contributed by atoms with van der Waals surface area (Å²) in [5, 5.41) is 5.60. The van der Waals surface area contributed by atoms with Gasteiger partial charge in [0.2, 0.25) is 0 Å².